The van der Waals surface area contributed by atoms with Gasteiger partial charge in [-0.05, 0) is 60.7 Å². The standard InChI is InChI=1S/C12H18ClNS/c13-12-3-1-2-11(12)8-14-6-4-10-5-7-15-9-10/h5,7,9,11-12,14H,1-4,6,8H2. The first-order valence-electron chi connectivity index (χ1n) is 5.72. The van der Waals surface area contributed by atoms with Gasteiger partial charge < -0.3 is 5.32 Å². The van der Waals surface area contributed by atoms with Crippen LogP contribution in [0, 0.1) is 5.92 Å². The van der Waals surface area contributed by atoms with Crippen molar-refractivity contribution in [1.29, 1.82) is 0 Å². The molecule has 84 valence electrons. The number of nitrogens with one attached hydrogen (secondary N) is 1. The average molecular weight is 244 g/mol. The molecule has 1 aliphatic carbocycles. The van der Waals surface area contributed by atoms with E-state index in [-0.39, 0.29) is 0 Å². The van der Waals surface area contributed by atoms with Gasteiger partial charge in [0, 0.05) is 5.38 Å². The Kier molecular flexibility index (Phi) is 4.48. The van der Waals surface area contributed by atoms with Crippen LogP contribution in [-0.2, 0) is 6.42 Å². The maximum Gasteiger partial charge on any atom is 0.0376 e. The lowest BCUT2D eigenvalue weighted by Gasteiger charge is -2.14. The van der Waals surface area contributed by atoms with Crippen LogP contribution in [0.1, 0.15) is 24.8 Å². The second-order valence-corrected chi connectivity index (χ2v) is 5.63. The number of halogens is 1. The van der Waals surface area contributed by atoms with Crippen LogP contribution in [0.25, 0.3) is 0 Å². The number of thiophene rings is 1. The molecule has 0 amide bonds. The van der Waals surface area contributed by atoms with Gasteiger partial charge in [-0.15, -0.1) is 11.6 Å². The van der Waals surface area contributed by atoms with E-state index >= 15 is 0 Å². The summed E-state index contributed by atoms with van der Waals surface area (Å²) in [7, 11) is 0. The van der Waals surface area contributed by atoms with Gasteiger partial charge in [0.15, 0.2) is 0 Å². The van der Waals surface area contributed by atoms with Crippen LogP contribution >= 0.6 is 22.9 Å². The van der Waals surface area contributed by atoms with Crippen molar-refractivity contribution in [1.82, 2.24) is 5.32 Å². The second-order valence-electron chi connectivity index (χ2n) is 4.29. The highest BCUT2D eigenvalue weighted by molar-refractivity contribution is 7.07. The molecular weight excluding hydrogens is 226 g/mol. The zero-order chi connectivity index (χ0) is 10.5. The average Bonchev–Trinajstić information content (AvgIpc) is 2.85. The molecule has 0 radical (unpaired) electrons. The highest BCUT2D eigenvalue weighted by Crippen LogP contribution is 2.29. The van der Waals surface area contributed by atoms with Gasteiger partial charge >= 0.3 is 0 Å². The third-order valence-corrected chi connectivity index (χ3v) is 4.45. The van der Waals surface area contributed by atoms with Gasteiger partial charge in [-0.3, -0.25) is 0 Å². The Hall–Kier alpha value is -0.0500. The predicted molar refractivity (Wildman–Crippen MR) is 67.9 cm³/mol. The third-order valence-electron chi connectivity index (χ3n) is 3.14. The topological polar surface area (TPSA) is 12.0 Å². The first-order valence-corrected chi connectivity index (χ1v) is 7.10. The van der Waals surface area contributed by atoms with Crippen LogP contribution in [-0.4, -0.2) is 18.5 Å². The summed E-state index contributed by atoms with van der Waals surface area (Å²) in [6.07, 6.45) is 4.96. The smallest absolute Gasteiger partial charge is 0.0376 e. The fourth-order valence-corrected chi connectivity index (χ4v) is 3.25. The van der Waals surface area contributed by atoms with E-state index in [1.165, 1.54) is 24.8 Å². The quantitative estimate of drug-likeness (QED) is 0.618. The minimum atomic E-state index is 0.415. The van der Waals surface area contributed by atoms with Gasteiger partial charge in [-0.1, -0.05) is 6.42 Å². The van der Waals surface area contributed by atoms with Gasteiger partial charge in [0.25, 0.3) is 0 Å². The zero-order valence-electron chi connectivity index (χ0n) is 8.92. The van der Waals surface area contributed by atoms with Crippen molar-refractivity contribution < 1.29 is 0 Å². The molecule has 1 saturated carbocycles. The lowest BCUT2D eigenvalue weighted by molar-refractivity contribution is 0.496. The fraction of sp³-hybridized carbons (Fsp3) is 0.667. The molecule has 0 bridgehead atoms. The van der Waals surface area contributed by atoms with Crippen molar-refractivity contribution in [2.45, 2.75) is 31.1 Å². The highest BCUT2D eigenvalue weighted by atomic mass is 35.5. The SMILES string of the molecule is ClC1CCCC1CNCCc1ccsc1. The van der Waals surface area contributed by atoms with Crippen LogP contribution in [0.2, 0.25) is 0 Å². The van der Waals surface area contributed by atoms with Crippen LogP contribution in [0.3, 0.4) is 0 Å². The van der Waals surface area contributed by atoms with Crippen LogP contribution in [0.4, 0.5) is 0 Å². The Morgan fingerprint density at radius 3 is 3.07 bits per heavy atom. The molecule has 0 aliphatic heterocycles. The predicted octanol–water partition coefficient (Wildman–Crippen LogP) is 3.29. The van der Waals surface area contributed by atoms with Gasteiger partial charge in [0.2, 0.25) is 0 Å². The summed E-state index contributed by atoms with van der Waals surface area (Å²) in [5.41, 5.74) is 1.45. The second kappa shape index (κ2) is 5.88. The van der Waals surface area contributed by atoms with Gasteiger partial charge in [-0.25, -0.2) is 0 Å². The van der Waals surface area contributed by atoms with Crippen LogP contribution in [0.5, 0.6) is 0 Å². The van der Waals surface area contributed by atoms with Crippen molar-refractivity contribution in [3.63, 3.8) is 0 Å². The van der Waals surface area contributed by atoms with Gasteiger partial charge in [0.1, 0.15) is 0 Å². The largest absolute Gasteiger partial charge is 0.316 e. The maximum absolute atomic E-state index is 6.22. The van der Waals surface area contributed by atoms with Crippen molar-refractivity contribution in [2.75, 3.05) is 13.1 Å². The molecule has 1 aromatic heterocycles. The Morgan fingerprint density at radius 1 is 1.47 bits per heavy atom. The fourth-order valence-electron chi connectivity index (χ4n) is 2.18. The molecule has 0 aromatic carbocycles. The summed E-state index contributed by atoms with van der Waals surface area (Å²) < 4.78 is 0. The zero-order valence-corrected chi connectivity index (χ0v) is 10.5. The highest BCUT2D eigenvalue weighted by Gasteiger charge is 2.24. The summed E-state index contributed by atoms with van der Waals surface area (Å²) in [6, 6.07) is 2.20. The van der Waals surface area contributed by atoms with E-state index in [1.807, 2.05) is 0 Å². The summed E-state index contributed by atoms with van der Waals surface area (Å²) in [5.74, 6) is 0.703. The maximum atomic E-state index is 6.22. The molecule has 2 atom stereocenters. The molecule has 0 spiro atoms. The van der Waals surface area contributed by atoms with E-state index in [1.54, 1.807) is 11.3 Å². The van der Waals surface area contributed by atoms with E-state index in [9.17, 15) is 0 Å². The lowest BCUT2D eigenvalue weighted by Crippen LogP contribution is -2.27. The van der Waals surface area contributed by atoms with E-state index in [4.69, 9.17) is 11.6 Å². The Balaban J connectivity index is 1.59. The Labute approximate surface area is 101 Å². The third kappa shape index (κ3) is 3.47. The molecule has 2 unspecified atom stereocenters. The minimum Gasteiger partial charge on any atom is -0.316 e. The number of rotatable bonds is 5. The van der Waals surface area contributed by atoms with E-state index in [2.05, 4.69) is 22.1 Å². The molecule has 1 N–H and O–H groups in total. The monoisotopic (exact) mass is 243 g/mol. The molecule has 1 fully saturated rings. The number of hydrogen-bond acceptors (Lipinski definition) is 2. The molecule has 1 heterocycles. The first kappa shape index (κ1) is 11.4. The van der Waals surface area contributed by atoms with Gasteiger partial charge in [-0.2, -0.15) is 11.3 Å². The molecule has 3 heteroatoms. The summed E-state index contributed by atoms with van der Waals surface area (Å²) in [5, 5.41) is 8.30. The van der Waals surface area contributed by atoms with Gasteiger partial charge in [0.05, 0.1) is 0 Å². The normalized spacial score (nSPS) is 25.9. The number of alkyl halides is 1. The lowest BCUT2D eigenvalue weighted by atomic mass is 10.1. The van der Waals surface area contributed by atoms with Crippen molar-refractivity contribution in [2.24, 2.45) is 5.92 Å². The molecule has 1 aliphatic rings. The molecule has 15 heavy (non-hydrogen) atoms. The van der Waals surface area contributed by atoms with Crippen LogP contribution < -0.4 is 5.32 Å². The minimum absolute atomic E-state index is 0.415. The summed E-state index contributed by atoms with van der Waals surface area (Å²) >= 11 is 7.99. The molecule has 0 saturated heterocycles. The van der Waals surface area contributed by atoms with E-state index in [0.29, 0.717) is 11.3 Å². The molecule has 1 nitrogen and oxygen atoms in total. The van der Waals surface area contributed by atoms with Crippen molar-refractivity contribution in [3.8, 4) is 0 Å². The Morgan fingerprint density at radius 2 is 2.40 bits per heavy atom. The molecular formula is C12H18ClNS. The summed E-state index contributed by atoms with van der Waals surface area (Å²) in [4.78, 5) is 0. The van der Waals surface area contributed by atoms with E-state index < -0.39 is 0 Å². The first-order chi connectivity index (χ1) is 7.36. The molecule has 2 rings (SSSR count). The van der Waals surface area contributed by atoms with Crippen LogP contribution in [0.15, 0.2) is 16.8 Å². The van der Waals surface area contributed by atoms with Crippen molar-refractivity contribution >= 4 is 22.9 Å². The van der Waals surface area contributed by atoms with Crippen molar-refractivity contribution in [3.05, 3.63) is 22.4 Å². The van der Waals surface area contributed by atoms with E-state index in [0.717, 1.165) is 19.5 Å². The Bertz CT molecular complexity index is 273. The molecule has 1 aromatic rings. The summed E-state index contributed by atoms with van der Waals surface area (Å²) in [6.45, 7) is 2.18. The number of hydrogen-bond donors (Lipinski definition) is 1.